The fourth-order valence-electron chi connectivity index (χ4n) is 2.67. The van der Waals surface area contributed by atoms with E-state index in [1.807, 2.05) is 0 Å². The van der Waals surface area contributed by atoms with Gasteiger partial charge in [0, 0.05) is 5.54 Å². The number of rotatable bonds is 3. The van der Waals surface area contributed by atoms with Gasteiger partial charge >= 0.3 is 0 Å². The van der Waals surface area contributed by atoms with E-state index in [9.17, 15) is 0 Å². The van der Waals surface area contributed by atoms with Gasteiger partial charge in [-0.3, -0.25) is 4.90 Å². The monoisotopic (exact) mass is 195 g/mol. The van der Waals surface area contributed by atoms with Crippen LogP contribution in [0.15, 0.2) is 0 Å². The van der Waals surface area contributed by atoms with Gasteiger partial charge in [-0.05, 0) is 57.0 Å². The van der Waals surface area contributed by atoms with Gasteiger partial charge in [-0.15, -0.1) is 0 Å². The molecule has 1 heteroatoms. The van der Waals surface area contributed by atoms with Gasteiger partial charge < -0.3 is 0 Å². The smallest absolute Gasteiger partial charge is 0.0211 e. The van der Waals surface area contributed by atoms with Gasteiger partial charge in [0.2, 0.25) is 0 Å². The van der Waals surface area contributed by atoms with Gasteiger partial charge in [0.1, 0.15) is 0 Å². The van der Waals surface area contributed by atoms with E-state index in [4.69, 9.17) is 0 Å². The molecule has 0 bridgehead atoms. The van der Waals surface area contributed by atoms with Crippen molar-refractivity contribution in [2.24, 2.45) is 5.41 Å². The number of likely N-dealkylation sites (tertiary alicyclic amines) is 1. The van der Waals surface area contributed by atoms with E-state index >= 15 is 0 Å². The van der Waals surface area contributed by atoms with Crippen molar-refractivity contribution in [3.8, 4) is 0 Å². The number of hydrogen-bond donors (Lipinski definition) is 0. The summed E-state index contributed by atoms with van der Waals surface area (Å²) in [4.78, 5) is 2.78. The van der Waals surface area contributed by atoms with Crippen molar-refractivity contribution in [2.45, 2.75) is 64.8 Å². The molecule has 1 aliphatic heterocycles. The van der Waals surface area contributed by atoms with Gasteiger partial charge in [-0.2, -0.15) is 0 Å². The summed E-state index contributed by atoms with van der Waals surface area (Å²) < 4.78 is 0. The van der Waals surface area contributed by atoms with Crippen LogP contribution < -0.4 is 0 Å². The van der Waals surface area contributed by atoms with E-state index in [-0.39, 0.29) is 0 Å². The van der Waals surface area contributed by atoms with Crippen LogP contribution in [0.5, 0.6) is 0 Å². The molecule has 0 N–H and O–H groups in total. The lowest BCUT2D eigenvalue weighted by Gasteiger charge is -2.30. The Morgan fingerprint density at radius 1 is 1.07 bits per heavy atom. The van der Waals surface area contributed by atoms with Crippen molar-refractivity contribution in [1.82, 2.24) is 4.90 Å². The molecule has 2 fully saturated rings. The zero-order valence-corrected chi connectivity index (χ0v) is 10.1. The van der Waals surface area contributed by atoms with E-state index in [2.05, 4.69) is 25.7 Å². The van der Waals surface area contributed by atoms with Crippen LogP contribution in [0, 0.1) is 5.41 Å². The Kier molecular flexibility index (Phi) is 2.63. The fraction of sp³-hybridized carbons (Fsp3) is 1.00. The molecule has 1 heterocycles. The molecule has 0 unspecified atom stereocenters. The number of nitrogens with zero attached hydrogens (tertiary/aromatic N) is 1. The van der Waals surface area contributed by atoms with Crippen LogP contribution in [0.1, 0.15) is 59.3 Å². The third-order valence-corrected chi connectivity index (χ3v) is 3.94. The van der Waals surface area contributed by atoms with Gasteiger partial charge in [0.15, 0.2) is 0 Å². The third-order valence-electron chi connectivity index (χ3n) is 3.94. The largest absolute Gasteiger partial charge is 0.298 e. The zero-order chi connectivity index (χ0) is 10.2. The lowest BCUT2D eigenvalue weighted by atomic mass is 9.87. The topological polar surface area (TPSA) is 3.24 Å². The first kappa shape index (κ1) is 10.5. The fourth-order valence-corrected chi connectivity index (χ4v) is 2.67. The average Bonchev–Trinajstić information content (AvgIpc) is 2.67. The maximum atomic E-state index is 2.78. The Labute approximate surface area is 88.9 Å². The number of hydrogen-bond acceptors (Lipinski definition) is 1. The lowest BCUT2D eigenvalue weighted by Crippen LogP contribution is -2.35. The van der Waals surface area contributed by atoms with Crippen LogP contribution in [0.25, 0.3) is 0 Å². The molecule has 0 atom stereocenters. The summed E-state index contributed by atoms with van der Waals surface area (Å²) >= 11 is 0. The predicted octanol–water partition coefficient (Wildman–Crippen LogP) is 3.44. The molecule has 0 aromatic heterocycles. The van der Waals surface area contributed by atoms with E-state index in [1.165, 1.54) is 51.6 Å². The Morgan fingerprint density at radius 3 is 2.07 bits per heavy atom. The molecular weight excluding hydrogens is 170 g/mol. The van der Waals surface area contributed by atoms with Crippen molar-refractivity contribution < 1.29 is 0 Å². The lowest BCUT2D eigenvalue weighted by molar-refractivity contribution is 0.185. The molecule has 0 aromatic rings. The highest BCUT2D eigenvalue weighted by molar-refractivity contribution is 5.05. The maximum absolute atomic E-state index is 2.78. The summed E-state index contributed by atoms with van der Waals surface area (Å²) in [6.45, 7) is 9.86. The second kappa shape index (κ2) is 3.52. The van der Waals surface area contributed by atoms with Crippen molar-refractivity contribution in [3.05, 3.63) is 0 Å². The second-order valence-electron chi connectivity index (χ2n) is 6.48. The van der Waals surface area contributed by atoms with E-state index in [0.29, 0.717) is 11.0 Å². The highest BCUT2D eigenvalue weighted by Gasteiger charge is 2.48. The maximum Gasteiger partial charge on any atom is 0.0211 e. The van der Waals surface area contributed by atoms with Gasteiger partial charge in [-0.25, -0.2) is 0 Å². The first-order chi connectivity index (χ1) is 6.52. The summed E-state index contributed by atoms with van der Waals surface area (Å²) in [6, 6.07) is 0. The van der Waals surface area contributed by atoms with E-state index < -0.39 is 0 Å². The quantitative estimate of drug-likeness (QED) is 0.667. The Bertz CT molecular complexity index is 192. The molecule has 14 heavy (non-hydrogen) atoms. The molecule has 0 radical (unpaired) electrons. The molecule has 1 saturated carbocycles. The molecule has 2 aliphatic rings. The molecule has 0 spiro atoms. The first-order valence-electron chi connectivity index (χ1n) is 6.27. The van der Waals surface area contributed by atoms with Crippen LogP contribution in [0.4, 0.5) is 0 Å². The van der Waals surface area contributed by atoms with Crippen LogP contribution in [-0.4, -0.2) is 23.5 Å². The molecule has 0 amide bonds. The van der Waals surface area contributed by atoms with Crippen molar-refractivity contribution in [2.75, 3.05) is 13.1 Å². The molecule has 1 aliphatic carbocycles. The van der Waals surface area contributed by atoms with Crippen molar-refractivity contribution in [1.29, 1.82) is 0 Å². The van der Waals surface area contributed by atoms with Crippen LogP contribution in [-0.2, 0) is 0 Å². The van der Waals surface area contributed by atoms with E-state index in [0.717, 1.165) is 0 Å². The standard InChI is InChI=1S/C13H25N/c1-12(2,3)6-7-13(8-9-13)14-10-4-5-11-14/h4-11H2,1-3H3. The highest BCUT2D eigenvalue weighted by Crippen LogP contribution is 2.48. The summed E-state index contributed by atoms with van der Waals surface area (Å²) in [5.41, 5.74) is 1.19. The Balaban J connectivity index is 1.84. The van der Waals surface area contributed by atoms with Gasteiger partial charge in [-0.1, -0.05) is 20.8 Å². The van der Waals surface area contributed by atoms with Crippen molar-refractivity contribution in [3.63, 3.8) is 0 Å². The Morgan fingerprint density at radius 2 is 1.64 bits per heavy atom. The molecule has 82 valence electrons. The van der Waals surface area contributed by atoms with Crippen LogP contribution >= 0.6 is 0 Å². The molecular formula is C13H25N. The average molecular weight is 195 g/mol. The highest BCUT2D eigenvalue weighted by atomic mass is 15.2. The summed E-state index contributed by atoms with van der Waals surface area (Å²) in [5.74, 6) is 0. The minimum absolute atomic E-state index is 0.523. The van der Waals surface area contributed by atoms with E-state index in [1.54, 1.807) is 0 Å². The minimum atomic E-state index is 0.523. The van der Waals surface area contributed by atoms with Crippen LogP contribution in [0.2, 0.25) is 0 Å². The van der Waals surface area contributed by atoms with Gasteiger partial charge in [0.25, 0.3) is 0 Å². The van der Waals surface area contributed by atoms with Gasteiger partial charge in [0.05, 0.1) is 0 Å². The molecule has 0 aromatic carbocycles. The SMILES string of the molecule is CC(C)(C)CCC1(N2CCCC2)CC1. The summed E-state index contributed by atoms with van der Waals surface area (Å²) in [5, 5.41) is 0. The Hall–Kier alpha value is -0.0400. The van der Waals surface area contributed by atoms with Crippen molar-refractivity contribution >= 4 is 0 Å². The predicted molar refractivity (Wildman–Crippen MR) is 61.5 cm³/mol. The van der Waals surface area contributed by atoms with Crippen LogP contribution in [0.3, 0.4) is 0 Å². The minimum Gasteiger partial charge on any atom is -0.298 e. The normalized spacial score (nSPS) is 26.8. The first-order valence-corrected chi connectivity index (χ1v) is 6.27. The molecule has 1 saturated heterocycles. The summed E-state index contributed by atoms with van der Waals surface area (Å²) in [6.07, 6.45) is 8.67. The molecule has 1 nitrogen and oxygen atoms in total. The molecule has 2 rings (SSSR count). The second-order valence-corrected chi connectivity index (χ2v) is 6.48. The summed E-state index contributed by atoms with van der Waals surface area (Å²) in [7, 11) is 0. The third kappa shape index (κ3) is 2.31. The zero-order valence-electron chi connectivity index (χ0n) is 10.1.